The molecule has 0 bridgehead atoms. The Morgan fingerprint density at radius 2 is 1.86 bits per heavy atom. The fraction of sp³-hybridized carbons (Fsp3) is 0.333. The first-order valence-electron chi connectivity index (χ1n) is 8.99. The smallest absolute Gasteiger partial charge is 0.416 e. The lowest BCUT2D eigenvalue weighted by Crippen LogP contribution is -2.31. The molecule has 2 rings (SSSR count). The SMILES string of the molecule is CCN(C)C(=S)Nc1cc(C)c(C(=O)OCc2cccc(C(F)(F)F)c2)cc1C. The molecule has 0 heterocycles. The van der Waals surface area contributed by atoms with Crippen LogP contribution in [0, 0.1) is 13.8 Å². The fourth-order valence-electron chi connectivity index (χ4n) is 2.59. The molecule has 0 saturated heterocycles. The summed E-state index contributed by atoms with van der Waals surface area (Å²) in [6.45, 7) is 6.09. The first-order chi connectivity index (χ1) is 13.5. The van der Waals surface area contributed by atoms with Crippen molar-refractivity contribution in [2.45, 2.75) is 33.6 Å². The van der Waals surface area contributed by atoms with E-state index in [4.69, 9.17) is 17.0 Å². The van der Waals surface area contributed by atoms with Crippen LogP contribution in [0.5, 0.6) is 0 Å². The third-order valence-corrected chi connectivity index (χ3v) is 4.89. The van der Waals surface area contributed by atoms with Crippen molar-refractivity contribution in [3.05, 3.63) is 64.2 Å². The lowest BCUT2D eigenvalue weighted by atomic mass is 10.0. The zero-order chi connectivity index (χ0) is 21.8. The Bertz CT molecular complexity index is 913. The van der Waals surface area contributed by atoms with Gasteiger partial charge in [-0.15, -0.1) is 0 Å². The number of esters is 1. The molecule has 0 fully saturated rings. The zero-order valence-corrected chi connectivity index (χ0v) is 17.5. The van der Waals surface area contributed by atoms with E-state index in [-0.39, 0.29) is 12.2 Å². The van der Waals surface area contributed by atoms with Gasteiger partial charge < -0.3 is 15.0 Å². The van der Waals surface area contributed by atoms with Crippen molar-refractivity contribution in [3.63, 3.8) is 0 Å². The fourth-order valence-corrected chi connectivity index (χ4v) is 2.83. The Balaban J connectivity index is 2.12. The number of nitrogens with one attached hydrogen (secondary N) is 1. The molecule has 0 saturated carbocycles. The van der Waals surface area contributed by atoms with Crippen LogP contribution in [0.15, 0.2) is 36.4 Å². The standard InChI is InChI=1S/C21H23F3N2O2S/c1-5-26(4)20(29)25-18-10-13(2)17(9-14(18)3)19(27)28-12-15-7-6-8-16(11-15)21(22,23)24/h6-11H,5,12H2,1-4H3,(H,25,29). The van der Waals surface area contributed by atoms with Crippen LogP contribution in [-0.4, -0.2) is 29.6 Å². The minimum Gasteiger partial charge on any atom is -0.457 e. The van der Waals surface area contributed by atoms with Crippen LogP contribution in [0.3, 0.4) is 0 Å². The van der Waals surface area contributed by atoms with E-state index < -0.39 is 17.7 Å². The van der Waals surface area contributed by atoms with Gasteiger partial charge in [0.15, 0.2) is 5.11 Å². The van der Waals surface area contributed by atoms with Gasteiger partial charge in [-0.2, -0.15) is 13.2 Å². The van der Waals surface area contributed by atoms with Crippen LogP contribution in [0.1, 0.15) is 39.5 Å². The van der Waals surface area contributed by atoms with E-state index in [1.54, 1.807) is 19.1 Å². The molecule has 0 aliphatic carbocycles. The number of carbonyl (C=O) groups is 1. The van der Waals surface area contributed by atoms with Crippen molar-refractivity contribution < 1.29 is 22.7 Å². The van der Waals surface area contributed by atoms with Gasteiger partial charge in [-0.25, -0.2) is 4.79 Å². The van der Waals surface area contributed by atoms with Crippen molar-refractivity contribution in [3.8, 4) is 0 Å². The molecule has 156 valence electrons. The normalized spacial score (nSPS) is 11.1. The van der Waals surface area contributed by atoms with Gasteiger partial charge in [0, 0.05) is 19.3 Å². The predicted octanol–water partition coefficient (Wildman–Crippen LogP) is 5.33. The molecule has 0 amide bonds. The molecule has 29 heavy (non-hydrogen) atoms. The van der Waals surface area contributed by atoms with E-state index in [9.17, 15) is 18.0 Å². The van der Waals surface area contributed by atoms with Gasteiger partial charge in [0.2, 0.25) is 0 Å². The maximum atomic E-state index is 12.8. The minimum atomic E-state index is -4.44. The number of rotatable bonds is 5. The molecule has 2 aromatic carbocycles. The molecule has 0 unspecified atom stereocenters. The largest absolute Gasteiger partial charge is 0.457 e. The summed E-state index contributed by atoms with van der Waals surface area (Å²) >= 11 is 5.32. The molecular formula is C21H23F3N2O2S. The van der Waals surface area contributed by atoms with Gasteiger partial charge in [-0.05, 0) is 73.9 Å². The average molecular weight is 424 g/mol. The Morgan fingerprint density at radius 1 is 1.17 bits per heavy atom. The number of benzene rings is 2. The Hall–Kier alpha value is -2.61. The molecule has 8 heteroatoms. The molecular weight excluding hydrogens is 401 g/mol. The highest BCUT2D eigenvalue weighted by molar-refractivity contribution is 7.80. The van der Waals surface area contributed by atoms with Crippen molar-refractivity contribution in [2.75, 3.05) is 18.9 Å². The van der Waals surface area contributed by atoms with Crippen molar-refractivity contribution in [2.24, 2.45) is 0 Å². The van der Waals surface area contributed by atoms with E-state index >= 15 is 0 Å². The summed E-state index contributed by atoms with van der Waals surface area (Å²) in [4.78, 5) is 14.3. The summed E-state index contributed by atoms with van der Waals surface area (Å²) in [5.74, 6) is -0.595. The lowest BCUT2D eigenvalue weighted by molar-refractivity contribution is -0.137. The molecule has 0 radical (unpaired) electrons. The second-order valence-electron chi connectivity index (χ2n) is 6.70. The van der Waals surface area contributed by atoms with Gasteiger partial charge in [-0.1, -0.05) is 12.1 Å². The van der Waals surface area contributed by atoms with Crippen LogP contribution in [0.4, 0.5) is 18.9 Å². The molecule has 0 spiro atoms. The van der Waals surface area contributed by atoms with E-state index in [1.165, 1.54) is 12.1 Å². The molecule has 1 N–H and O–H groups in total. The summed E-state index contributed by atoms with van der Waals surface area (Å²) in [5.41, 5.74) is 2.11. The number of nitrogens with zero attached hydrogens (tertiary/aromatic N) is 1. The van der Waals surface area contributed by atoms with Crippen molar-refractivity contribution in [1.29, 1.82) is 0 Å². The number of halogens is 3. The lowest BCUT2D eigenvalue weighted by Gasteiger charge is -2.20. The number of alkyl halides is 3. The van der Waals surface area contributed by atoms with E-state index in [1.807, 2.05) is 25.8 Å². The van der Waals surface area contributed by atoms with Crippen LogP contribution in [0.25, 0.3) is 0 Å². The van der Waals surface area contributed by atoms with Gasteiger partial charge in [0.05, 0.1) is 11.1 Å². The average Bonchev–Trinajstić information content (AvgIpc) is 2.67. The molecule has 2 aromatic rings. The number of aryl methyl sites for hydroxylation is 2. The van der Waals surface area contributed by atoms with E-state index in [0.717, 1.165) is 29.9 Å². The topological polar surface area (TPSA) is 41.6 Å². The summed E-state index contributed by atoms with van der Waals surface area (Å²) in [6, 6.07) is 8.21. The third-order valence-electron chi connectivity index (χ3n) is 4.48. The molecule has 4 nitrogen and oxygen atoms in total. The van der Waals surface area contributed by atoms with Gasteiger partial charge >= 0.3 is 12.1 Å². The molecule has 0 aliphatic heterocycles. The molecule has 0 atom stereocenters. The Morgan fingerprint density at radius 3 is 2.48 bits per heavy atom. The van der Waals surface area contributed by atoms with Crippen LogP contribution in [-0.2, 0) is 17.5 Å². The highest BCUT2D eigenvalue weighted by Crippen LogP contribution is 2.30. The van der Waals surface area contributed by atoms with Crippen LogP contribution < -0.4 is 5.32 Å². The number of hydrogen-bond donors (Lipinski definition) is 1. The Kier molecular flexibility index (Phi) is 7.24. The first kappa shape index (κ1) is 22.7. The predicted molar refractivity (Wildman–Crippen MR) is 111 cm³/mol. The second kappa shape index (κ2) is 9.26. The number of carbonyl (C=O) groups excluding carboxylic acids is 1. The maximum absolute atomic E-state index is 12.8. The maximum Gasteiger partial charge on any atom is 0.416 e. The number of anilines is 1. The first-order valence-corrected chi connectivity index (χ1v) is 9.40. The monoisotopic (exact) mass is 424 g/mol. The van der Waals surface area contributed by atoms with Crippen LogP contribution >= 0.6 is 12.2 Å². The second-order valence-corrected chi connectivity index (χ2v) is 7.09. The van der Waals surface area contributed by atoms with E-state index in [0.29, 0.717) is 16.2 Å². The Labute approximate surface area is 173 Å². The quantitative estimate of drug-likeness (QED) is 0.519. The van der Waals surface area contributed by atoms with E-state index in [2.05, 4.69) is 5.32 Å². The highest BCUT2D eigenvalue weighted by Gasteiger charge is 2.30. The number of thiocarbonyl (C=S) groups is 1. The molecule has 0 aliphatic rings. The van der Waals surface area contributed by atoms with Gasteiger partial charge in [0.25, 0.3) is 0 Å². The minimum absolute atomic E-state index is 0.243. The third kappa shape index (κ3) is 5.93. The summed E-state index contributed by atoms with van der Waals surface area (Å²) in [5, 5.41) is 3.71. The molecule has 0 aromatic heterocycles. The summed E-state index contributed by atoms with van der Waals surface area (Å²) < 4.78 is 43.6. The summed E-state index contributed by atoms with van der Waals surface area (Å²) in [6.07, 6.45) is -4.44. The van der Waals surface area contributed by atoms with Crippen molar-refractivity contribution in [1.82, 2.24) is 4.90 Å². The van der Waals surface area contributed by atoms with Crippen molar-refractivity contribution >= 4 is 29.0 Å². The summed E-state index contributed by atoms with van der Waals surface area (Å²) in [7, 11) is 1.87. The highest BCUT2D eigenvalue weighted by atomic mass is 32.1. The zero-order valence-electron chi connectivity index (χ0n) is 16.7. The number of ether oxygens (including phenoxy) is 1. The van der Waals surface area contributed by atoms with Gasteiger partial charge in [0.1, 0.15) is 6.61 Å². The van der Waals surface area contributed by atoms with Crippen LogP contribution in [0.2, 0.25) is 0 Å². The number of hydrogen-bond acceptors (Lipinski definition) is 3. The van der Waals surface area contributed by atoms with Gasteiger partial charge in [-0.3, -0.25) is 0 Å².